The fourth-order valence-electron chi connectivity index (χ4n) is 1.85. The third-order valence-electron chi connectivity index (χ3n) is 3.00. The molecule has 0 fully saturated rings. The molecule has 6 nitrogen and oxygen atoms in total. The zero-order valence-corrected chi connectivity index (χ0v) is 13.4. The number of esters is 1. The van der Waals surface area contributed by atoms with E-state index < -0.39 is 41.3 Å². The van der Waals surface area contributed by atoms with E-state index in [0.717, 1.165) is 12.1 Å². The van der Waals surface area contributed by atoms with Crippen LogP contribution in [0.15, 0.2) is 24.3 Å². The fraction of sp³-hybridized carbons (Fsp3) is 0.429. The van der Waals surface area contributed by atoms with Gasteiger partial charge < -0.3 is 14.8 Å². The minimum Gasteiger partial charge on any atom is -0.466 e. The third-order valence-corrected chi connectivity index (χ3v) is 3.00. The van der Waals surface area contributed by atoms with Gasteiger partial charge in [0.15, 0.2) is 0 Å². The van der Waals surface area contributed by atoms with Crippen LogP contribution in [0.2, 0.25) is 0 Å². The Hall–Kier alpha value is -2.66. The van der Waals surface area contributed by atoms with Crippen molar-refractivity contribution in [1.82, 2.24) is 5.32 Å². The minimum atomic E-state index is -5.49. The number of ether oxygens (including phenoxy) is 2. The lowest BCUT2D eigenvalue weighted by atomic mass is 10.1. The number of amides is 1. The maximum absolute atomic E-state index is 13.6. The van der Waals surface area contributed by atoms with Crippen molar-refractivity contribution in [2.75, 3.05) is 19.0 Å². The predicted octanol–water partition coefficient (Wildman–Crippen LogP) is 3.30. The number of benzene rings is 1. The first-order valence-corrected chi connectivity index (χ1v) is 6.93. The topological polar surface area (TPSA) is 76.7 Å². The van der Waals surface area contributed by atoms with Crippen molar-refractivity contribution in [3.8, 4) is 0 Å². The standard InChI is InChI=1S/C14H14F6N2O4/c1-3-26-11(24)22-12(10(23)25-2,14(18,19)20)21-9-6-4-5-8(7-9)13(15,16)17/h4-7,21H,3H2,1-2H3,(H,22,24)/t12-/m0/s1. The monoisotopic (exact) mass is 388 g/mol. The molecule has 0 aromatic heterocycles. The van der Waals surface area contributed by atoms with E-state index in [1.807, 2.05) is 0 Å². The van der Waals surface area contributed by atoms with Crippen molar-refractivity contribution >= 4 is 17.7 Å². The number of carbonyl (C=O) groups excluding carboxylic acids is 2. The maximum atomic E-state index is 13.6. The molecule has 1 atom stereocenters. The molecule has 0 aliphatic heterocycles. The van der Waals surface area contributed by atoms with Gasteiger partial charge in [0.05, 0.1) is 19.3 Å². The molecular weight excluding hydrogens is 374 g/mol. The van der Waals surface area contributed by atoms with Crippen LogP contribution in [0.5, 0.6) is 0 Å². The van der Waals surface area contributed by atoms with E-state index >= 15 is 0 Å². The fourth-order valence-corrected chi connectivity index (χ4v) is 1.85. The van der Waals surface area contributed by atoms with Crippen LogP contribution in [-0.2, 0) is 20.4 Å². The Morgan fingerprint density at radius 3 is 2.19 bits per heavy atom. The Balaban J connectivity index is 3.41. The molecule has 146 valence electrons. The molecule has 0 unspecified atom stereocenters. The highest BCUT2D eigenvalue weighted by molar-refractivity contribution is 5.89. The average molecular weight is 388 g/mol. The van der Waals surface area contributed by atoms with Crippen molar-refractivity contribution in [1.29, 1.82) is 0 Å². The van der Waals surface area contributed by atoms with Gasteiger partial charge in [-0.3, -0.25) is 5.32 Å². The summed E-state index contributed by atoms with van der Waals surface area (Å²) in [6.07, 6.45) is -11.9. The Morgan fingerprint density at radius 2 is 1.73 bits per heavy atom. The lowest BCUT2D eigenvalue weighted by Gasteiger charge is -2.34. The molecule has 0 saturated carbocycles. The number of rotatable bonds is 5. The van der Waals surface area contributed by atoms with Crippen LogP contribution in [0.4, 0.5) is 36.8 Å². The number of anilines is 1. The van der Waals surface area contributed by atoms with Gasteiger partial charge in [0.2, 0.25) is 0 Å². The first-order valence-electron chi connectivity index (χ1n) is 6.93. The van der Waals surface area contributed by atoms with E-state index in [1.54, 1.807) is 5.32 Å². The summed E-state index contributed by atoms with van der Waals surface area (Å²) in [5.74, 6) is -2.00. The summed E-state index contributed by atoms with van der Waals surface area (Å²) in [6.45, 7) is 0.984. The number of hydrogen-bond acceptors (Lipinski definition) is 5. The summed E-state index contributed by atoms with van der Waals surface area (Å²) >= 11 is 0. The van der Waals surface area contributed by atoms with Crippen LogP contribution in [0.25, 0.3) is 0 Å². The van der Waals surface area contributed by atoms with E-state index in [-0.39, 0.29) is 6.61 Å². The van der Waals surface area contributed by atoms with E-state index in [9.17, 15) is 35.9 Å². The van der Waals surface area contributed by atoms with Gasteiger partial charge >= 0.3 is 30.1 Å². The second kappa shape index (κ2) is 7.70. The second-order valence-corrected chi connectivity index (χ2v) is 4.79. The SMILES string of the molecule is CCOC(=O)N[C@@](Nc1cccc(C(F)(F)F)c1)(C(=O)OC)C(F)(F)F. The largest absolute Gasteiger partial charge is 0.466 e. The Kier molecular flexibility index (Phi) is 6.34. The lowest BCUT2D eigenvalue weighted by Crippen LogP contribution is -2.69. The van der Waals surface area contributed by atoms with Crippen LogP contribution in [0.1, 0.15) is 12.5 Å². The smallest absolute Gasteiger partial charge is 0.442 e. The van der Waals surface area contributed by atoms with Crippen molar-refractivity contribution in [2.24, 2.45) is 0 Å². The van der Waals surface area contributed by atoms with Gasteiger partial charge in [-0.05, 0) is 25.1 Å². The summed E-state index contributed by atoms with van der Waals surface area (Å²) in [5, 5.41) is 2.85. The number of hydrogen-bond donors (Lipinski definition) is 2. The Morgan fingerprint density at radius 1 is 1.12 bits per heavy atom. The molecule has 0 bridgehead atoms. The van der Waals surface area contributed by atoms with Crippen molar-refractivity contribution in [2.45, 2.75) is 24.9 Å². The average Bonchev–Trinajstić information content (AvgIpc) is 2.52. The van der Waals surface area contributed by atoms with E-state index in [1.165, 1.54) is 12.2 Å². The molecule has 1 rings (SSSR count). The number of alkyl carbamates (subject to hydrolysis) is 1. The van der Waals surface area contributed by atoms with Gasteiger partial charge in [0.1, 0.15) is 0 Å². The van der Waals surface area contributed by atoms with Gasteiger partial charge in [0, 0.05) is 5.69 Å². The summed E-state index contributed by atoms with van der Waals surface area (Å²) in [7, 11) is 0.615. The molecule has 0 radical (unpaired) electrons. The van der Waals surface area contributed by atoms with Crippen LogP contribution < -0.4 is 10.6 Å². The van der Waals surface area contributed by atoms with Crippen molar-refractivity contribution in [3.63, 3.8) is 0 Å². The molecule has 0 heterocycles. The van der Waals surface area contributed by atoms with Gasteiger partial charge in [-0.15, -0.1) is 0 Å². The summed E-state index contributed by atoms with van der Waals surface area (Å²) in [6, 6.07) is 2.65. The highest BCUT2D eigenvalue weighted by Gasteiger charge is 2.64. The third kappa shape index (κ3) is 4.70. The molecule has 1 aromatic rings. The number of methoxy groups -OCH3 is 1. The first kappa shape index (κ1) is 21.4. The Bertz CT molecular complexity index is 662. The summed E-state index contributed by atoms with van der Waals surface area (Å²) in [5.41, 5.74) is -5.86. The van der Waals surface area contributed by atoms with E-state index in [2.05, 4.69) is 9.47 Å². The molecule has 1 aromatic carbocycles. The number of halogens is 6. The van der Waals surface area contributed by atoms with Crippen LogP contribution in [0.3, 0.4) is 0 Å². The van der Waals surface area contributed by atoms with E-state index in [0.29, 0.717) is 19.2 Å². The summed E-state index contributed by atoms with van der Waals surface area (Å²) < 4.78 is 87.4. The number of nitrogens with one attached hydrogen (secondary N) is 2. The highest BCUT2D eigenvalue weighted by Crippen LogP contribution is 2.35. The zero-order chi connectivity index (χ0) is 20.2. The van der Waals surface area contributed by atoms with Crippen molar-refractivity contribution < 1.29 is 45.4 Å². The van der Waals surface area contributed by atoms with Crippen LogP contribution in [0, 0.1) is 0 Å². The molecule has 0 aliphatic rings. The quantitative estimate of drug-likeness (QED) is 0.460. The molecule has 0 aliphatic carbocycles. The predicted molar refractivity (Wildman–Crippen MR) is 76.0 cm³/mol. The zero-order valence-electron chi connectivity index (χ0n) is 13.4. The van der Waals surface area contributed by atoms with Crippen LogP contribution >= 0.6 is 0 Å². The molecule has 0 saturated heterocycles. The highest BCUT2D eigenvalue weighted by atomic mass is 19.4. The molecular formula is C14H14F6N2O4. The molecule has 26 heavy (non-hydrogen) atoms. The molecule has 12 heteroatoms. The van der Waals surface area contributed by atoms with Gasteiger partial charge in [0.25, 0.3) is 0 Å². The maximum Gasteiger partial charge on any atom is 0.442 e. The van der Waals surface area contributed by atoms with E-state index in [4.69, 9.17) is 0 Å². The number of alkyl halides is 6. The molecule has 1 amide bonds. The normalized spacial score (nSPS) is 14.2. The van der Waals surface area contributed by atoms with Gasteiger partial charge in [-0.1, -0.05) is 6.07 Å². The molecule has 0 spiro atoms. The minimum absolute atomic E-state index is 0.315. The van der Waals surface area contributed by atoms with Gasteiger partial charge in [-0.2, -0.15) is 26.3 Å². The van der Waals surface area contributed by atoms with Gasteiger partial charge in [-0.25, -0.2) is 9.59 Å². The molecule has 2 N–H and O–H groups in total. The van der Waals surface area contributed by atoms with Crippen LogP contribution in [-0.4, -0.2) is 37.6 Å². The van der Waals surface area contributed by atoms with Crippen molar-refractivity contribution in [3.05, 3.63) is 29.8 Å². The first-order chi connectivity index (χ1) is 11.9. The number of carbonyl (C=O) groups is 2. The lowest BCUT2D eigenvalue weighted by molar-refractivity contribution is -0.203. The Labute approximate surface area is 143 Å². The summed E-state index contributed by atoms with van der Waals surface area (Å²) in [4.78, 5) is 23.3. The second-order valence-electron chi connectivity index (χ2n) is 4.79.